The smallest absolute Gasteiger partial charge is 0.259 e. The lowest BCUT2D eigenvalue weighted by molar-refractivity contribution is -0.110. The fraction of sp³-hybridized carbons (Fsp3) is 0.333. The lowest BCUT2D eigenvalue weighted by atomic mass is 10.1. The van der Waals surface area contributed by atoms with Crippen LogP contribution < -0.4 is 5.32 Å². The highest BCUT2D eigenvalue weighted by Gasteiger charge is 2.27. The van der Waals surface area contributed by atoms with Gasteiger partial charge in [-0.2, -0.15) is 0 Å². The highest BCUT2D eigenvalue weighted by molar-refractivity contribution is 6.31. The summed E-state index contributed by atoms with van der Waals surface area (Å²) in [5.74, 6) is 0.540. The second kappa shape index (κ2) is 3.96. The van der Waals surface area contributed by atoms with Crippen LogP contribution in [0.25, 0.3) is 5.57 Å². The molecule has 0 radical (unpaired) electrons. The molecule has 1 N–H and O–H groups in total. The van der Waals surface area contributed by atoms with Crippen LogP contribution in [0.4, 0.5) is 5.69 Å². The van der Waals surface area contributed by atoms with Crippen molar-refractivity contribution in [1.29, 1.82) is 0 Å². The minimum absolute atomic E-state index is 0.117. The summed E-state index contributed by atoms with van der Waals surface area (Å²) in [5, 5.41) is 2.77. The van der Waals surface area contributed by atoms with E-state index in [2.05, 4.69) is 10.3 Å². The van der Waals surface area contributed by atoms with Gasteiger partial charge in [0.15, 0.2) is 0 Å². The van der Waals surface area contributed by atoms with Crippen LogP contribution in [0.2, 0.25) is 0 Å². The van der Waals surface area contributed by atoms with Crippen LogP contribution in [0.3, 0.4) is 0 Å². The third-order valence-corrected chi connectivity index (χ3v) is 2.50. The van der Waals surface area contributed by atoms with Crippen molar-refractivity contribution in [2.75, 3.05) is 11.9 Å². The minimum atomic E-state index is -0.117. The van der Waals surface area contributed by atoms with Crippen LogP contribution in [0.5, 0.6) is 0 Å². The van der Waals surface area contributed by atoms with Crippen molar-refractivity contribution in [2.24, 2.45) is 0 Å². The second-order valence-electron chi connectivity index (χ2n) is 3.69. The van der Waals surface area contributed by atoms with E-state index in [4.69, 9.17) is 4.74 Å². The fourth-order valence-electron chi connectivity index (χ4n) is 1.81. The topological polar surface area (TPSA) is 51.2 Å². The Balaban J connectivity index is 2.54. The number of nitrogens with one attached hydrogen (secondary N) is 1. The first-order valence-electron chi connectivity index (χ1n) is 5.25. The van der Waals surface area contributed by atoms with E-state index in [9.17, 15) is 4.79 Å². The summed E-state index contributed by atoms with van der Waals surface area (Å²) >= 11 is 0. The maximum Gasteiger partial charge on any atom is 0.259 e. The van der Waals surface area contributed by atoms with Gasteiger partial charge in [0.1, 0.15) is 5.76 Å². The Morgan fingerprint density at radius 1 is 1.56 bits per heavy atom. The molecule has 2 heterocycles. The highest BCUT2D eigenvalue weighted by Crippen LogP contribution is 2.33. The maximum absolute atomic E-state index is 11.8. The van der Waals surface area contributed by atoms with E-state index in [1.165, 1.54) is 0 Å². The SMILES string of the molecule is CCO/C(C)=C1\C(=O)Nc2cnc(C)cc21. The standard InChI is InChI=1S/C12H14N2O2/c1-4-16-8(3)11-9-5-7(2)13-6-10(9)14-12(11)15/h5-6H,4H2,1-3H3,(H,14,15)/b11-8-. The number of aromatic nitrogens is 1. The van der Waals surface area contributed by atoms with Crippen molar-refractivity contribution in [3.05, 3.63) is 29.3 Å². The van der Waals surface area contributed by atoms with Gasteiger partial charge in [-0.1, -0.05) is 0 Å². The molecule has 0 aromatic carbocycles. The lowest BCUT2D eigenvalue weighted by Crippen LogP contribution is -2.06. The van der Waals surface area contributed by atoms with Gasteiger partial charge in [-0.15, -0.1) is 0 Å². The molecule has 84 valence electrons. The van der Waals surface area contributed by atoms with Crippen LogP contribution in [-0.4, -0.2) is 17.5 Å². The van der Waals surface area contributed by atoms with Gasteiger partial charge in [0.2, 0.25) is 0 Å². The van der Waals surface area contributed by atoms with Crippen LogP contribution in [0.1, 0.15) is 25.1 Å². The molecule has 1 aromatic rings. The third-order valence-electron chi connectivity index (χ3n) is 2.50. The Hall–Kier alpha value is -1.84. The van der Waals surface area contributed by atoms with Crippen LogP contribution in [0, 0.1) is 6.92 Å². The van der Waals surface area contributed by atoms with Gasteiger partial charge in [-0.25, -0.2) is 0 Å². The first-order chi connectivity index (χ1) is 7.63. The predicted octanol–water partition coefficient (Wildman–Crippen LogP) is 2.11. The molecule has 4 heteroatoms. The second-order valence-corrected chi connectivity index (χ2v) is 3.69. The average molecular weight is 218 g/mol. The predicted molar refractivity (Wildman–Crippen MR) is 61.8 cm³/mol. The molecule has 16 heavy (non-hydrogen) atoms. The van der Waals surface area contributed by atoms with Crippen molar-refractivity contribution < 1.29 is 9.53 Å². The molecule has 0 saturated heterocycles. The lowest BCUT2D eigenvalue weighted by Gasteiger charge is -2.06. The van der Waals surface area contributed by atoms with Crippen molar-refractivity contribution in [1.82, 2.24) is 4.98 Å². The number of aryl methyl sites for hydroxylation is 1. The molecule has 1 aliphatic heterocycles. The largest absolute Gasteiger partial charge is 0.498 e. The van der Waals surface area contributed by atoms with Crippen LogP contribution >= 0.6 is 0 Å². The number of rotatable bonds is 2. The number of ether oxygens (including phenoxy) is 1. The van der Waals surface area contributed by atoms with Gasteiger partial charge >= 0.3 is 0 Å². The quantitative estimate of drug-likeness (QED) is 0.611. The molecule has 0 fully saturated rings. The van der Waals surface area contributed by atoms with Crippen molar-refractivity contribution in [3.8, 4) is 0 Å². The van der Waals surface area contributed by atoms with Gasteiger partial charge in [-0.05, 0) is 26.8 Å². The van der Waals surface area contributed by atoms with Crippen molar-refractivity contribution in [2.45, 2.75) is 20.8 Å². The van der Waals surface area contributed by atoms with Crippen molar-refractivity contribution >= 4 is 17.2 Å². The summed E-state index contributed by atoms with van der Waals surface area (Å²) < 4.78 is 5.39. The van der Waals surface area contributed by atoms with Gasteiger partial charge in [-0.3, -0.25) is 9.78 Å². The molecule has 2 rings (SSSR count). The number of pyridine rings is 1. The molecule has 0 atom stereocenters. The first kappa shape index (κ1) is 10.7. The van der Waals surface area contributed by atoms with Gasteiger partial charge in [0.25, 0.3) is 5.91 Å². The zero-order chi connectivity index (χ0) is 11.7. The third kappa shape index (κ3) is 1.66. The van der Waals surface area contributed by atoms with E-state index in [0.29, 0.717) is 17.9 Å². The Kier molecular flexibility index (Phi) is 2.64. The fourth-order valence-corrected chi connectivity index (χ4v) is 1.81. The number of amides is 1. The number of anilines is 1. The van der Waals surface area contributed by atoms with Gasteiger partial charge in [0.05, 0.1) is 24.1 Å². The molecule has 0 aliphatic carbocycles. The van der Waals surface area contributed by atoms with E-state index < -0.39 is 0 Å². The van der Waals surface area contributed by atoms with Gasteiger partial charge in [0, 0.05) is 11.3 Å². The molecule has 1 amide bonds. The molecule has 0 bridgehead atoms. The molecular weight excluding hydrogens is 204 g/mol. The Morgan fingerprint density at radius 2 is 2.31 bits per heavy atom. The zero-order valence-electron chi connectivity index (χ0n) is 9.63. The van der Waals surface area contributed by atoms with Gasteiger partial charge < -0.3 is 10.1 Å². The van der Waals surface area contributed by atoms with E-state index in [0.717, 1.165) is 16.9 Å². The number of hydrogen-bond acceptors (Lipinski definition) is 3. The van der Waals surface area contributed by atoms with E-state index >= 15 is 0 Å². The summed E-state index contributed by atoms with van der Waals surface area (Å²) in [5.41, 5.74) is 3.13. The monoisotopic (exact) mass is 218 g/mol. The van der Waals surface area contributed by atoms with Crippen LogP contribution in [-0.2, 0) is 9.53 Å². The number of carbonyl (C=O) groups is 1. The summed E-state index contributed by atoms with van der Waals surface area (Å²) in [6.07, 6.45) is 1.68. The molecule has 1 aromatic heterocycles. The Labute approximate surface area is 94.3 Å². The number of carbonyl (C=O) groups excluding carboxylic acids is 1. The number of hydrogen-bond donors (Lipinski definition) is 1. The molecule has 4 nitrogen and oxygen atoms in total. The molecular formula is C12H14N2O2. The Morgan fingerprint density at radius 3 is 3.00 bits per heavy atom. The summed E-state index contributed by atoms with van der Waals surface area (Å²) in [6, 6.07) is 1.89. The molecule has 0 unspecified atom stereocenters. The number of nitrogens with zero attached hydrogens (tertiary/aromatic N) is 1. The van der Waals surface area contributed by atoms with E-state index in [1.807, 2.05) is 26.8 Å². The summed E-state index contributed by atoms with van der Waals surface area (Å²) in [6.45, 7) is 6.16. The normalized spacial score (nSPS) is 16.8. The van der Waals surface area contributed by atoms with Crippen molar-refractivity contribution in [3.63, 3.8) is 0 Å². The zero-order valence-corrected chi connectivity index (χ0v) is 9.63. The minimum Gasteiger partial charge on any atom is -0.498 e. The summed E-state index contributed by atoms with van der Waals surface area (Å²) in [7, 11) is 0. The molecule has 0 saturated carbocycles. The number of allylic oxidation sites excluding steroid dienone is 1. The molecule has 0 spiro atoms. The van der Waals surface area contributed by atoms with E-state index in [-0.39, 0.29) is 5.91 Å². The molecule has 1 aliphatic rings. The average Bonchev–Trinajstić information content (AvgIpc) is 2.53. The maximum atomic E-state index is 11.8. The van der Waals surface area contributed by atoms with Crippen LogP contribution in [0.15, 0.2) is 18.0 Å². The Bertz CT molecular complexity index is 478. The summed E-state index contributed by atoms with van der Waals surface area (Å²) in [4.78, 5) is 15.9. The highest BCUT2D eigenvalue weighted by atomic mass is 16.5. The van der Waals surface area contributed by atoms with E-state index in [1.54, 1.807) is 6.20 Å². The number of fused-ring (bicyclic) bond motifs is 1. The first-order valence-corrected chi connectivity index (χ1v) is 5.25.